The van der Waals surface area contributed by atoms with Crippen molar-refractivity contribution >= 4 is 11.6 Å². The number of halogens is 2. The van der Waals surface area contributed by atoms with Gasteiger partial charge in [0.15, 0.2) is 0 Å². The molecule has 0 aliphatic rings. The number of amides is 1. The van der Waals surface area contributed by atoms with Gasteiger partial charge in [0, 0.05) is 13.2 Å². The van der Waals surface area contributed by atoms with E-state index >= 15 is 0 Å². The van der Waals surface area contributed by atoms with E-state index in [1.807, 2.05) is 0 Å². The van der Waals surface area contributed by atoms with Crippen LogP contribution in [0.1, 0.15) is 0 Å². The second-order valence-corrected chi connectivity index (χ2v) is 3.18. The van der Waals surface area contributed by atoms with Gasteiger partial charge in [0.25, 0.3) is 0 Å². The summed E-state index contributed by atoms with van der Waals surface area (Å²) < 4.78 is 30.6. The van der Waals surface area contributed by atoms with E-state index in [9.17, 15) is 13.6 Å². The lowest BCUT2D eigenvalue weighted by atomic mass is 10.2. The summed E-state index contributed by atoms with van der Waals surface area (Å²) in [7, 11) is 1.38. The highest BCUT2D eigenvalue weighted by molar-refractivity contribution is 5.94. The van der Waals surface area contributed by atoms with Crippen LogP contribution in [0.3, 0.4) is 0 Å². The Bertz CT molecular complexity index is 385. The van der Waals surface area contributed by atoms with Gasteiger partial charge in [0.05, 0.1) is 12.3 Å². The van der Waals surface area contributed by atoms with E-state index in [-0.39, 0.29) is 12.3 Å². The van der Waals surface area contributed by atoms with Crippen molar-refractivity contribution in [2.75, 3.05) is 19.0 Å². The van der Waals surface area contributed by atoms with E-state index in [0.29, 0.717) is 0 Å². The van der Waals surface area contributed by atoms with Gasteiger partial charge in [-0.1, -0.05) is 0 Å². The van der Waals surface area contributed by atoms with Gasteiger partial charge in [-0.25, -0.2) is 8.78 Å². The molecule has 1 aromatic rings. The Hall–Kier alpha value is -1.53. The molecule has 0 aliphatic carbocycles. The molecule has 0 bridgehead atoms. The number of anilines is 1. The zero-order valence-electron chi connectivity index (χ0n) is 8.67. The number of nitrogens with two attached hydrogens (primary N) is 1. The van der Waals surface area contributed by atoms with Crippen molar-refractivity contribution < 1.29 is 18.3 Å². The second-order valence-electron chi connectivity index (χ2n) is 3.18. The SMILES string of the molecule is COCC(N)C(=O)Nc1cc(F)ccc1F. The molecule has 1 atom stereocenters. The first kappa shape index (κ1) is 12.5. The summed E-state index contributed by atoms with van der Waals surface area (Å²) in [5.74, 6) is -2.00. The molecule has 0 heterocycles. The van der Waals surface area contributed by atoms with Crippen LogP contribution in [0.5, 0.6) is 0 Å². The smallest absolute Gasteiger partial charge is 0.243 e. The highest BCUT2D eigenvalue weighted by Crippen LogP contribution is 2.15. The monoisotopic (exact) mass is 230 g/mol. The number of carbonyl (C=O) groups is 1. The van der Waals surface area contributed by atoms with Gasteiger partial charge >= 0.3 is 0 Å². The van der Waals surface area contributed by atoms with Crippen molar-refractivity contribution in [3.63, 3.8) is 0 Å². The first-order valence-corrected chi connectivity index (χ1v) is 4.55. The predicted molar refractivity (Wildman–Crippen MR) is 54.8 cm³/mol. The predicted octanol–water partition coefficient (Wildman–Crippen LogP) is 0.877. The number of carbonyl (C=O) groups excluding carboxylic acids is 1. The van der Waals surface area contributed by atoms with Crippen molar-refractivity contribution in [2.24, 2.45) is 5.73 Å². The third kappa shape index (κ3) is 3.25. The van der Waals surface area contributed by atoms with Gasteiger partial charge in [-0.2, -0.15) is 0 Å². The highest BCUT2D eigenvalue weighted by atomic mass is 19.1. The number of ether oxygens (including phenoxy) is 1. The molecule has 3 N–H and O–H groups in total. The molecule has 0 saturated carbocycles. The zero-order valence-corrected chi connectivity index (χ0v) is 8.67. The fourth-order valence-corrected chi connectivity index (χ4v) is 1.07. The van der Waals surface area contributed by atoms with Crippen molar-refractivity contribution in [3.8, 4) is 0 Å². The van der Waals surface area contributed by atoms with Crippen LogP contribution in [0.4, 0.5) is 14.5 Å². The number of benzene rings is 1. The molecule has 6 heteroatoms. The molecule has 1 aromatic carbocycles. The standard InChI is InChI=1S/C10H12F2N2O2/c1-16-5-8(13)10(15)14-9-4-6(11)2-3-7(9)12/h2-4,8H,5,13H2,1H3,(H,14,15). The Morgan fingerprint density at radius 1 is 1.56 bits per heavy atom. The molecule has 1 unspecified atom stereocenters. The Morgan fingerprint density at radius 3 is 2.88 bits per heavy atom. The summed E-state index contributed by atoms with van der Waals surface area (Å²) in [6.45, 7) is 0.00275. The van der Waals surface area contributed by atoms with Crippen LogP contribution < -0.4 is 11.1 Å². The lowest BCUT2D eigenvalue weighted by Gasteiger charge is -2.11. The van der Waals surface area contributed by atoms with E-state index in [1.54, 1.807) is 0 Å². The molecule has 1 amide bonds. The third-order valence-electron chi connectivity index (χ3n) is 1.87. The average molecular weight is 230 g/mol. The highest BCUT2D eigenvalue weighted by Gasteiger charge is 2.15. The molecular formula is C10H12F2N2O2. The van der Waals surface area contributed by atoms with Gasteiger partial charge in [0.2, 0.25) is 5.91 Å². The molecule has 0 aliphatic heterocycles. The van der Waals surface area contributed by atoms with Gasteiger partial charge in [-0.05, 0) is 12.1 Å². The summed E-state index contributed by atoms with van der Waals surface area (Å²) in [5, 5.41) is 2.18. The van der Waals surface area contributed by atoms with Crippen LogP contribution >= 0.6 is 0 Å². The maximum absolute atomic E-state index is 13.1. The molecule has 1 rings (SSSR count). The average Bonchev–Trinajstić information content (AvgIpc) is 2.23. The first-order chi connectivity index (χ1) is 7.54. The lowest BCUT2D eigenvalue weighted by molar-refractivity contribution is -0.118. The Labute approximate surface area is 91.4 Å². The lowest BCUT2D eigenvalue weighted by Crippen LogP contribution is -2.39. The molecule has 0 aromatic heterocycles. The normalized spacial score (nSPS) is 12.2. The summed E-state index contributed by atoms with van der Waals surface area (Å²) in [6.07, 6.45) is 0. The minimum absolute atomic E-state index is 0.00275. The molecule has 16 heavy (non-hydrogen) atoms. The zero-order chi connectivity index (χ0) is 12.1. The number of hydrogen-bond donors (Lipinski definition) is 2. The van der Waals surface area contributed by atoms with E-state index in [4.69, 9.17) is 5.73 Å². The maximum atomic E-state index is 13.1. The summed E-state index contributed by atoms with van der Waals surface area (Å²) in [4.78, 5) is 11.4. The van der Waals surface area contributed by atoms with Crippen molar-refractivity contribution in [2.45, 2.75) is 6.04 Å². The van der Waals surface area contributed by atoms with Gasteiger partial charge in [-0.15, -0.1) is 0 Å². The molecule has 0 fully saturated rings. The second kappa shape index (κ2) is 5.53. The third-order valence-corrected chi connectivity index (χ3v) is 1.87. The summed E-state index contributed by atoms with van der Waals surface area (Å²) in [6, 6.07) is 1.84. The Morgan fingerprint density at radius 2 is 2.25 bits per heavy atom. The first-order valence-electron chi connectivity index (χ1n) is 4.55. The van der Waals surface area contributed by atoms with Crippen LogP contribution in [0, 0.1) is 11.6 Å². The molecule has 0 spiro atoms. The Kier molecular flexibility index (Phi) is 4.33. The van der Waals surface area contributed by atoms with E-state index in [0.717, 1.165) is 18.2 Å². The van der Waals surface area contributed by atoms with Crippen molar-refractivity contribution in [1.29, 1.82) is 0 Å². The number of rotatable bonds is 4. The van der Waals surface area contributed by atoms with E-state index < -0.39 is 23.6 Å². The van der Waals surface area contributed by atoms with Crippen LogP contribution in [0.25, 0.3) is 0 Å². The fraction of sp³-hybridized carbons (Fsp3) is 0.300. The van der Waals surface area contributed by atoms with Crippen LogP contribution in [-0.2, 0) is 9.53 Å². The van der Waals surface area contributed by atoms with Crippen LogP contribution in [-0.4, -0.2) is 25.7 Å². The topological polar surface area (TPSA) is 64.3 Å². The van der Waals surface area contributed by atoms with E-state index in [2.05, 4.69) is 10.1 Å². The van der Waals surface area contributed by atoms with Crippen molar-refractivity contribution in [1.82, 2.24) is 0 Å². The van der Waals surface area contributed by atoms with Gasteiger partial charge < -0.3 is 15.8 Å². The fourth-order valence-electron chi connectivity index (χ4n) is 1.07. The summed E-state index contributed by atoms with van der Waals surface area (Å²) in [5.41, 5.74) is 5.17. The van der Waals surface area contributed by atoms with E-state index in [1.165, 1.54) is 7.11 Å². The molecular weight excluding hydrogens is 218 g/mol. The molecule has 0 saturated heterocycles. The minimum Gasteiger partial charge on any atom is -0.383 e. The minimum atomic E-state index is -0.923. The largest absolute Gasteiger partial charge is 0.383 e. The van der Waals surface area contributed by atoms with Crippen LogP contribution in [0.2, 0.25) is 0 Å². The van der Waals surface area contributed by atoms with Gasteiger partial charge in [0.1, 0.15) is 17.7 Å². The maximum Gasteiger partial charge on any atom is 0.243 e. The van der Waals surface area contributed by atoms with Gasteiger partial charge in [-0.3, -0.25) is 4.79 Å². The summed E-state index contributed by atoms with van der Waals surface area (Å²) >= 11 is 0. The number of hydrogen-bond acceptors (Lipinski definition) is 3. The molecule has 4 nitrogen and oxygen atoms in total. The molecule has 0 radical (unpaired) electrons. The molecule has 88 valence electrons. The Balaban J connectivity index is 2.72. The van der Waals surface area contributed by atoms with Crippen LogP contribution in [0.15, 0.2) is 18.2 Å². The number of methoxy groups -OCH3 is 1. The quantitative estimate of drug-likeness (QED) is 0.806. The van der Waals surface area contributed by atoms with Crippen molar-refractivity contribution in [3.05, 3.63) is 29.8 Å². The number of nitrogens with one attached hydrogen (secondary N) is 1.